The minimum absolute atomic E-state index is 0.114. The summed E-state index contributed by atoms with van der Waals surface area (Å²) in [7, 11) is -3.72. The van der Waals surface area contributed by atoms with Crippen LogP contribution in [0.4, 0.5) is 4.79 Å². The van der Waals surface area contributed by atoms with Crippen LogP contribution in [0.1, 0.15) is 92.4 Å². The van der Waals surface area contributed by atoms with Crippen molar-refractivity contribution in [1.82, 2.24) is 26.2 Å². The molecule has 3 rings (SSSR count). The molecule has 2 saturated carbocycles. The lowest BCUT2D eigenvalue weighted by atomic mass is 9.83. The van der Waals surface area contributed by atoms with Gasteiger partial charge in [0, 0.05) is 13.1 Å². The largest absolute Gasteiger partial charge is 0.346 e. The van der Waals surface area contributed by atoms with Gasteiger partial charge in [-0.2, -0.15) is 0 Å². The van der Waals surface area contributed by atoms with Gasteiger partial charge < -0.3 is 26.2 Å². The first-order valence-corrected chi connectivity index (χ1v) is 19.1. The van der Waals surface area contributed by atoms with Crippen LogP contribution in [0.5, 0.6) is 0 Å². The third-order valence-electron chi connectivity index (χ3n) is 9.27. The van der Waals surface area contributed by atoms with Crippen molar-refractivity contribution in [2.24, 2.45) is 11.3 Å². The molecule has 272 valence electrons. The highest BCUT2D eigenvalue weighted by Crippen LogP contribution is 2.34. The van der Waals surface area contributed by atoms with E-state index in [9.17, 15) is 32.4 Å². The Labute approximate surface area is 291 Å². The molecule has 12 nitrogen and oxygen atoms in total. The lowest BCUT2D eigenvalue weighted by Gasteiger charge is -2.40. The Morgan fingerprint density at radius 3 is 2.20 bits per heavy atom. The number of carbonyl (C=O) groups is 5. The van der Waals surface area contributed by atoms with Crippen LogP contribution in [0, 0.1) is 11.3 Å². The van der Waals surface area contributed by atoms with Crippen LogP contribution >= 0.6 is 0 Å². The first-order valence-electron chi connectivity index (χ1n) is 17.4. The Bertz CT molecular complexity index is 1450. The van der Waals surface area contributed by atoms with Crippen molar-refractivity contribution in [3.8, 4) is 0 Å². The maximum atomic E-state index is 14.2. The summed E-state index contributed by atoms with van der Waals surface area (Å²) < 4.78 is 26.8. The van der Waals surface area contributed by atoms with E-state index in [0.717, 1.165) is 32.1 Å². The van der Waals surface area contributed by atoms with E-state index in [1.54, 1.807) is 58.0 Å². The molecule has 2 aliphatic rings. The third-order valence-corrected chi connectivity index (χ3v) is 11.2. The Balaban J connectivity index is 1.79. The minimum Gasteiger partial charge on any atom is -0.346 e. The molecule has 0 saturated heterocycles. The molecular formula is C36H55N5O7S. The molecule has 2 aliphatic carbocycles. The number of rotatable bonds is 17. The Kier molecular flexibility index (Phi) is 14.0. The van der Waals surface area contributed by atoms with E-state index in [2.05, 4.69) is 27.8 Å². The fourth-order valence-electron chi connectivity index (χ4n) is 6.33. The summed E-state index contributed by atoms with van der Waals surface area (Å²) in [6, 6.07) is 4.37. The third kappa shape index (κ3) is 11.4. The maximum absolute atomic E-state index is 14.2. The van der Waals surface area contributed by atoms with Crippen molar-refractivity contribution >= 4 is 39.4 Å². The molecule has 0 heterocycles. The van der Waals surface area contributed by atoms with Crippen LogP contribution < -0.4 is 21.3 Å². The quantitative estimate of drug-likeness (QED) is 0.142. The predicted octanol–water partition coefficient (Wildman–Crippen LogP) is 3.66. The summed E-state index contributed by atoms with van der Waals surface area (Å²) in [5.41, 5.74) is -1.81. The van der Waals surface area contributed by atoms with Crippen molar-refractivity contribution in [3.63, 3.8) is 0 Å². The molecule has 49 heavy (non-hydrogen) atoms. The normalized spacial score (nSPS) is 17.8. The molecule has 0 radical (unpaired) electrons. The molecule has 3 atom stereocenters. The number of sulfone groups is 1. The summed E-state index contributed by atoms with van der Waals surface area (Å²) in [5, 5.41) is 11.0. The number of ketones is 1. The topological polar surface area (TPSA) is 171 Å². The van der Waals surface area contributed by atoms with E-state index >= 15 is 0 Å². The Morgan fingerprint density at radius 1 is 1.02 bits per heavy atom. The monoisotopic (exact) mass is 701 g/mol. The van der Waals surface area contributed by atoms with Gasteiger partial charge >= 0.3 is 6.03 Å². The first-order chi connectivity index (χ1) is 23.0. The predicted molar refractivity (Wildman–Crippen MR) is 188 cm³/mol. The molecule has 1 unspecified atom stereocenters. The number of nitrogens with zero attached hydrogens (tertiary/aromatic N) is 1. The standard InChI is InChI=1S/C36H55N5O7S/c1-7-21-37-32(44)29(42)28(23-26-17-18-26)38-31(43)25(3)41(22-8-2)33(45)30(35(4,5)6)39-34(46)40-36(19-13-10-14-20-36)24-49(47,48)27-15-11-9-12-16-27/h7,9,11-12,15-16,25-26,28,30H,1,8,10,13-14,17-24H2,2-6H3,(H,37,44)(H,38,43)(H2,39,40,46)/t25-,28?,30+/m0/s1. The molecule has 0 aromatic heterocycles. The van der Waals surface area contributed by atoms with E-state index < -0.39 is 68.5 Å². The SMILES string of the molecule is C=CCNC(=O)C(=O)C(CC1CC1)NC(=O)[C@H](C)N(CCC)C(=O)[C@@H](NC(=O)NC1(CS(=O)(=O)c2ccccc2)CCCCC1)C(C)(C)C. The number of nitrogens with one attached hydrogen (secondary N) is 4. The van der Waals surface area contributed by atoms with Gasteiger partial charge in [0.05, 0.1) is 22.2 Å². The van der Waals surface area contributed by atoms with Gasteiger partial charge in [0.15, 0.2) is 9.84 Å². The number of Topliss-reactive ketones (excluding diaryl/α,β-unsaturated/α-hetero) is 1. The first kappa shape index (κ1) is 39.7. The average molecular weight is 702 g/mol. The zero-order chi connectivity index (χ0) is 36.4. The van der Waals surface area contributed by atoms with Gasteiger partial charge in [0.25, 0.3) is 5.91 Å². The zero-order valence-corrected chi connectivity index (χ0v) is 30.5. The van der Waals surface area contributed by atoms with E-state index in [1.165, 1.54) is 11.0 Å². The number of hydrogen-bond donors (Lipinski definition) is 4. The Morgan fingerprint density at radius 2 is 1.65 bits per heavy atom. The lowest BCUT2D eigenvalue weighted by molar-refractivity contribution is -0.145. The summed E-state index contributed by atoms with van der Waals surface area (Å²) in [5.74, 6) is -2.67. The molecule has 5 amide bonds. The van der Waals surface area contributed by atoms with E-state index in [0.29, 0.717) is 25.7 Å². The van der Waals surface area contributed by atoms with E-state index in [-0.39, 0.29) is 29.7 Å². The highest BCUT2D eigenvalue weighted by Gasteiger charge is 2.43. The van der Waals surface area contributed by atoms with E-state index in [4.69, 9.17) is 0 Å². The van der Waals surface area contributed by atoms with Gasteiger partial charge in [-0.1, -0.05) is 84.1 Å². The highest BCUT2D eigenvalue weighted by atomic mass is 32.2. The highest BCUT2D eigenvalue weighted by molar-refractivity contribution is 7.91. The molecule has 0 aliphatic heterocycles. The smallest absolute Gasteiger partial charge is 0.315 e. The van der Waals surface area contributed by atoms with Crippen LogP contribution in [0.15, 0.2) is 47.9 Å². The number of hydrogen-bond acceptors (Lipinski definition) is 7. The Hall–Kier alpha value is -3.74. The van der Waals surface area contributed by atoms with Crippen LogP contribution in [-0.4, -0.2) is 85.4 Å². The number of amides is 5. The van der Waals surface area contributed by atoms with Gasteiger partial charge in [-0.05, 0) is 56.1 Å². The summed E-state index contributed by atoms with van der Waals surface area (Å²) in [6.07, 6.45) is 7.51. The second-order valence-corrected chi connectivity index (χ2v) is 16.6. The van der Waals surface area contributed by atoms with E-state index in [1.807, 2.05) is 6.92 Å². The molecule has 0 spiro atoms. The zero-order valence-electron chi connectivity index (χ0n) is 29.7. The van der Waals surface area contributed by atoms with Crippen LogP contribution in [0.25, 0.3) is 0 Å². The fourth-order valence-corrected chi connectivity index (χ4v) is 8.16. The van der Waals surface area contributed by atoms with Gasteiger partial charge in [-0.3, -0.25) is 19.2 Å². The molecule has 13 heteroatoms. The summed E-state index contributed by atoms with van der Waals surface area (Å²) in [6.45, 7) is 12.7. The van der Waals surface area contributed by atoms with Gasteiger partial charge in [-0.15, -0.1) is 6.58 Å². The van der Waals surface area contributed by atoms with Crippen LogP contribution in [0.3, 0.4) is 0 Å². The molecule has 0 bridgehead atoms. The number of urea groups is 1. The molecule has 4 N–H and O–H groups in total. The van der Waals surface area contributed by atoms with Crippen molar-refractivity contribution in [3.05, 3.63) is 43.0 Å². The van der Waals surface area contributed by atoms with Crippen LogP contribution in [-0.2, 0) is 29.0 Å². The number of carbonyl (C=O) groups excluding carboxylic acids is 5. The second-order valence-electron chi connectivity index (χ2n) is 14.6. The van der Waals surface area contributed by atoms with Gasteiger partial charge in [0.2, 0.25) is 17.6 Å². The summed E-state index contributed by atoms with van der Waals surface area (Å²) >= 11 is 0. The van der Waals surface area contributed by atoms with Crippen molar-refractivity contribution in [1.29, 1.82) is 0 Å². The van der Waals surface area contributed by atoms with Crippen molar-refractivity contribution in [2.45, 2.75) is 121 Å². The maximum Gasteiger partial charge on any atom is 0.315 e. The molecular weight excluding hydrogens is 646 g/mol. The average Bonchev–Trinajstić information content (AvgIpc) is 3.87. The van der Waals surface area contributed by atoms with Gasteiger partial charge in [0.1, 0.15) is 12.1 Å². The van der Waals surface area contributed by atoms with Crippen molar-refractivity contribution in [2.75, 3.05) is 18.8 Å². The molecule has 2 fully saturated rings. The van der Waals surface area contributed by atoms with Crippen LogP contribution in [0.2, 0.25) is 0 Å². The van der Waals surface area contributed by atoms with Gasteiger partial charge in [-0.25, -0.2) is 13.2 Å². The van der Waals surface area contributed by atoms with Crippen molar-refractivity contribution < 1.29 is 32.4 Å². The summed E-state index contributed by atoms with van der Waals surface area (Å²) in [4.78, 5) is 68.6. The minimum atomic E-state index is -3.72. The lowest BCUT2D eigenvalue weighted by Crippen LogP contribution is -2.63. The number of benzene rings is 1. The molecule has 1 aromatic rings. The molecule has 1 aromatic carbocycles. The second kappa shape index (κ2) is 17.3. The fraction of sp³-hybridized carbons (Fsp3) is 0.639.